The average molecular weight is 294 g/mol. The predicted octanol–water partition coefficient (Wildman–Crippen LogP) is 1.63. The lowest BCUT2D eigenvalue weighted by atomic mass is 10.2. The largest absolute Gasteiger partial charge is 0.476 e. The number of carboxylic acids is 1. The maximum absolute atomic E-state index is 13.4. The SMILES string of the molecule is CCc1c(C(=O)O)nnn1Cc1cc(F)cc([N+](=O)[O-])c1. The number of non-ortho nitro benzene ring substituents is 1. The summed E-state index contributed by atoms with van der Waals surface area (Å²) in [5, 5.41) is 26.9. The van der Waals surface area contributed by atoms with Gasteiger partial charge >= 0.3 is 5.97 Å². The molecule has 2 rings (SSSR count). The summed E-state index contributed by atoms with van der Waals surface area (Å²) >= 11 is 0. The second-order valence-corrected chi connectivity index (χ2v) is 4.28. The van der Waals surface area contributed by atoms with E-state index in [0.717, 1.165) is 12.1 Å². The molecule has 1 N–H and O–H groups in total. The fourth-order valence-corrected chi connectivity index (χ4v) is 1.98. The third kappa shape index (κ3) is 3.02. The van der Waals surface area contributed by atoms with Crippen molar-refractivity contribution >= 4 is 11.7 Å². The van der Waals surface area contributed by atoms with Crippen molar-refractivity contribution in [1.29, 1.82) is 0 Å². The first-order chi connectivity index (χ1) is 9.92. The number of hydrogen-bond donors (Lipinski definition) is 1. The van der Waals surface area contributed by atoms with Crippen molar-refractivity contribution in [1.82, 2.24) is 15.0 Å². The summed E-state index contributed by atoms with van der Waals surface area (Å²) in [5.41, 5.74) is 0.123. The van der Waals surface area contributed by atoms with Crippen molar-refractivity contribution in [3.63, 3.8) is 0 Å². The minimum atomic E-state index is -1.21. The highest BCUT2D eigenvalue weighted by Gasteiger charge is 2.18. The molecule has 1 heterocycles. The monoisotopic (exact) mass is 294 g/mol. The van der Waals surface area contributed by atoms with Crippen LogP contribution in [0.3, 0.4) is 0 Å². The minimum absolute atomic E-state index is 0.00204. The molecule has 1 aromatic heterocycles. The van der Waals surface area contributed by atoms with Crippen LogP contribution in [0.2, 0.25) is 0 Å². The molecular formula is C12H11FN4O4. The summed E-state index contributed by atoms with van der Waals surface area (Å²) in [6.07, 6.45) is 0.367. The Bertz CT molecular complexity index is 713. The number of aromatic carboxylic acids is 1. The Labute approximate surface area is 118 Å². The number of aromatic nitrogens is 3. The van der Waals surface area contributed by atoms with Gasteiger partial charge < -0.3 is 5.11 Å². The van der Waals surface area contributed by atoms with E-state index in [4.69, 9.17) is 5.11 Å². The summed E-state index contributed by atoms with van der Waals surface area (Å²) in [6, 6.07) is 3.16. The number of nitro groups is 1. The van der Waals surface area contributed by atoms with Gasteiger partial charge in [-0.1, -0.05) is 12.1 Å². The van der Waals surface area contributed by atoms with Crippen LogP contribution in [0.1, 0.15) is 28.7 Å². The van der Waals surface area contributed by atoms with E-state index in [1.54, 1.807) is 6.92 Å². The lowest BCUT2D eigenvalue weighted by Crippen LogP contribution is -2.09. The van der Waals surface area contributed by atoms with Crippen molar-refractivity contribution < 1.29 is 19.2 Å². The van der Waals surface area contributed by atoms with Crippen molar-refractivity contribution in [2.75, 3.05) is 0 Å². The summed E-state index contributed by atoms with van der Waals surface area (Å²) in [4.78, 5) is 21.0. The van der Waals surface area contributed by atoms with Gasteiger partial charge in [0.05, 0.1) is 23.2 Å². The van der Waals surface area contributed by atoms with Gasteiger partial charge in [-0.25, -0.2) is 13.9 Å². The van der Waals surface area contributed by atoms with Gasteiger partial charge in [-0.2, -0.15) is 0 Å². The lowest BCUT2D eigenvalue weighted by Gasteiger charge is -2.05. The number of hydrogen-bond acceptors (Lipinski definition) is 5. The molecule has 0 radical (unpaired) electrons. The van der Waals surface area contributed by atoms with Crippen molar-refractivity contribution in [2.45, 2.75) is 19.9 Å². The fourth-order valence-electron chi connectivity index (χ4n) is 1.98. The Morgan fingerprint density at radius 3 is 2.76 bits per heavy atom. The molecule has 0 saturated heterocycles. The number of carboxylic acid groups (broad SMARTS) is 1. The topological polar surface area (TPSA) is 111 Å². The van der Waals surface area contributed by atoms with E-state index < -0.39 is 16.7 Å². The van der Waals surface area contributed by atoms with Gasteiger partial charge in [0, 0.05) is 6.07 Å². The maximum atomic E-state index is 13.4. The van der Waals surface area contributed by atoms with Crippen LogP contribution in [0.25, 0.3) is 0 Å². The number of rotatable bonds is 5. The highest BCUT2D eigenvalue weighted by molar-refractivity contribution is 5.86. The quantitative estimate of drug-likeness (QED) is 0.662. The molecule has 110 valence electrons. The Kier molecular flexibility index (Phi) is 3.92. The van der Waals surface area contributed by atoms with Gasteiger partial charge in [-0.05, 0) is 18.1 Å². The van der Waals surface area contributed by atoms with E-state index in [2.05, 4.69) is 10.3 Å². The van der Waals surface area contributed by atoms with Crippen molar-refractivity contribution in [3.8, 4) is 0 Å². The van der Waals surface area contributed by atoms with Crippen LogP contribution in [0.4, 0.5) is 10.1 Å². The highest BCUT2D eigenvalue weighted by atomic mass is 19.1. The smallest absolute Gasteiger partial charge is 0.358 e. The summed E-state index contributed by atoms with van der Waals surface area (Å²) in [7, 11) is 0. The lowest BCUT2D eigenvalue weighted by molar-refractivity contribution is -0.385. The predicted molar refractivity (Wildman–Crippen MR) is 68.5 cm³/mol. The average Bonchev–Trinajstić information content (AvgIpc) is 2.80. The zero-order valence-electron chi connectivity index (χ0n) is 11.0. The summed E-state index contributed by atoms with van der Waals surface area (Å²) < 4.78 is 14.7. The minimum Gasteiger partial charge on any atom is -0.476 e. The number of nitro benzene ring substituents is 1. The molecule has 0 aliphatic heterocycles. The Morgan fingerprint density at radius 2 is 2.19 bits per heavy atom. The number of nitrogens with zero attached hydrogens (tertiary/aromatic N) is 4. The molecule has 0 amide bonds. The molecule has 0 atom stereocenters. The Hall–Kier alpha value is -2.84. The molecule has 0 saturated carbocycles. The number of carbonyl (C=O) groups is 1. The van der Waals surface area contributed by atoms with E-state index in [-0.39, 0.29) is 17.9 Å². The van der Waals surface area contributed by atoms with Crippen LogP contribution in [0.5, 0.6) is 0 Å². The first kappa shape index (κ1) is 14.6. The highest BCUT2D eigenvalue weighted by Crippen LogP contribution is 2.18. The molecule has 0 unspecified atom stereocenters. The van der Waals surface area contributed by atoms with Crippen LogP contribution < -0.4 is 0 Å². The molecule has 0 aliphatic rings. The molecule has 2 aromatic rings. The Balaban J connectivity index is 2.38. The third-order valence-corrected chi connectivity index (χ3v) is 2.86. The molecule has 0 fully saturated rings. The van der Waals surface area contributed by atoms with Gasteiger partial charge in [0.2, 0.25) is 0 Å². The van der Waals surface area contributed by atoms with Crippen LogP contribution >= 0.6 is 0 Å². The van der Waals surface area contributed by atoms with Crippen LogP contribution in [0, 0.1) is 15.9 Å². The van der Waals surface area contributed by atoms with Crippen LogP contribution in [0.15, 0.2) is 18.2 Å². The van der Waals surface area contributed by atoms with E-state index in [9.17, 15) is 19.3 Å². The van der Waals surface area contributed by atoms with Gasteiger partial charge in [0.25, 0.3) is 5.69 Å². The zero-order chi connectivity index (χ0) is 15.6. The Morgan fingerprint density at radius 1 is 1.48 bits per heavy atom. The number of halogens is 1. The van der Waals surface area contributed by atoms with Gasteiger partial charge in [0.1, 0.15) is 5.82 Å². The standard InChI is InChI=1S/C12H11FN4O4/c1-2-10-11(12(18)19)14-15-16(10)6-7-3-8(13)5-9(4-7)17(20)21/h3-5H,2,6H2,1H3,(H,18,19). The molecule has 21 heavy (non-hydrogen) atoms. The maximum Gasteiger partial charge on any atom is 0.358 e. The zero-order valence-corrected chi connectivity index (χ0v) is 11.0. The molecule has 8 nitrogen and oxygen atoms in total. The molecule has 9 heteroatoms. The van der Waals surface area contributed by atoms with Gasteiger partial charge in [0.15, 0.2) is 5.69 Å². The first-order valence-corrected chi connectivity index (χ1v) is 6.02. The third-order valence-electron chi connectivity index (χ3n) is 2.86. The molecule has 0 bridgehead atoms. The van der Waals surface area contributed by atoms with Gasteiger partial charge in [-0.3, -0.25) is 10.1 Å². The number of benzene rings is 1. The van der Waals surface area contributed by atoms with Gasteiger partial charge in [-0.15, -0.1) is 5.10 Å². The van der Waals surface area contributed by atoms with Crippen molar-refractivity contribution in [2.24, 2.45) is 0 Å². The van der Waals surface area contributed by atoms with Crippen LogP contribution in [-0.4, -0.2) is 31.0 Å². The normalized spacial score (nSPS) is 10.6. The molecule has 1 aromatic carbocycles. The fraction of sp³-hybridized carbons (Fsp3) is 0.250. The van der Waals surface area contributed by atoms with Crippen LogP contribution in [-0.2, 0) is 13.0 Å². The van der Waals surface area contributed by atoms with Crippen molar-refractivity contribution in [3.05, 3.63) is 51.1 Å². The van der Waals surface area contributed by atoms with E-state index in [0.29, 0.717) is 17.7 Å². The second-order valence-electron chi connectivity index (χ2n) is 4.28. The van der Waals surface area contributed by atoms with E-state index in [1.807, 2.05) is 0 Å². The van der Waals surface area contributed by atoms with E-state index >= 15 is 0 Å². The summed E-state index contributed by atoms with van der Waals surface area (Å²) in [6.45, 7) is 1.73. The second kappa shape index (κ2) is 5.65. The first-order valence-electron chi connectivity index (χ1n) is 6.02. The molecular weight excluding hydrogens is 283 g/mol. The van der Waals surface area contributed by atoms with E-state index in [1.165, 1.54) is 10.7 Å². The molecule has 0 spiro atoms. The molecule has 0 aliphatic carbocycles. The summed E-state index contributed by atoms with van der Waals surface area (Å²) in [5.74, 6) is -1.95.